The van der Waals surface area contributed by atoms with Gasteiger partial charge in [0.1, 0.15) is 0 Å². The van der Waals surface area contributed by atoms with Crippen LogP contribution in [0.2, 0.25) is 0 Å². The first-order chi connectivity index (χ1) is 7.83. The van der Waals surface area contributed by atoms with Crippen LogP contribution in [0.25, 0.3) is 0 Å². The van der Waals surface area contributed by atoms with Crippen molar-refractivity contribution in [1.29, 1.82) is 0 Å². The molecule has 2 rings (SSSR count). The lowest BCUT2D eigenvalue weighted by Gasteiger charge is -2.15. The summed E-state index contributed by atoms with van der Waals surface area (Å²) in [5.74, 6) is 1.37. The third-order valence-corrected chi connectivity index (χ3v) is 3.58. The largest absolute Gasteiger partial charge is 0.103 e. The van der Waals surface area contributed by atoms with Gasteiger partial charge >= 0.3 is 0 Å². The lowest BCUT2D eigenvalue weighted by atomic mass is 9.90. The van der Waals surface area contributed by atoms with Gasteiger partial charge in [-0.25, -0.2) is 0 Å². The zero-order valence-corrected chi connectivity index (χ0v) is 9.86. The summed E-state index contributed by atoms with van der Waals surface area (Å²) >= 11 is 0. The molecule has 0 heteroatoms. The molecular weight excluding hydrogens is 192 g/mol. The first-order valence-electron chi connectivity index (χ1n) is 6.13. The third-order valence-electron chi connectivity index (χ3n) is 3.58. The Balaban J connectivity index is 2.26. The van der Waals surface area contributed by atoms with E-state index in [0.717, 1.165) is 18.8 Å². The van der Waals surface area contributed by atoms with Crippen LogP contribution in [0.1, 0.15) is 24.0 Å². The van der Waals surface area contributed by atoms with Crippen LogP contribution in [0.3, 0.4) is 0 Å². The molecule has 0 aliphatic heterocycles. The van der Waals surface area contributed by atoms with E-state index in [4.69, 9.17) is 0 Å². The van der Waals surface area contributed by atoms with Crippen molar-refractivity contribution in [2.45, 2.75) is 25.7 Å². The molecule has 0 radical (unpaired) electrons. The number of hydrogen-bond donors (Lipinski definition) is 0. The Morgan fingerprint density at radius 1 is 1.12 bits per heavy atom. The van der Waals surface area contributed by atoms with Crippen molar-refractivity contribution in [1.82, 2.24) is 0 Å². The molecule has 1 aromatic carbocycles. The van der Waals surface area contributed by atoms with E-state index < -0.39 is 0 Å². The Hall–Kier alpha value is -1.30. The van der Waals surface area contributed by atoms with E-state index in [0.29, 0.717) is 5.92 Å². The molecule has 0 amide bonds. The van der Waals surface area contributed by atoms with Gasteiger partial charge in [-0.05, 0) is 48.6 Å². The van der Waals surface area contributed by atoms with Gasteiger partial charge in [-0.3, -0.25) is 0 Å². The highest BCUT2D eigenvalue weighted by Crippen LogP contribution is 2.30. The summed E-state index contributed by atoms with van der Waals surface area (Å²) in [6, 6.07) is 8.84. The summed E-state index contributed by atoms with van der Waals surface area (Å²) in [4.78, 5) is 0. The lowest BCUT2D eigenvalue weighted by molar-refractivity contribution is 0.432. The summed E-state index contributed by atoms with van der Waals surface area (Å²) in [5, 5.41) is 0. The van der Waals surface area contributed by atoms with Crippen LogP contribution in [-0.4, -0.2) is 0 Å². The third kappa shape index (κ3) is 2.44. The summed E-state index contributed by atoms with van der Waals surface area (Å²) in [6.07, 6.45) is 8.92. The zero-order chi connectivity index (χ0) is 11.4. The molecule has 84 valence electrons. The summed E-state index contributed by atoms with van der Waals surface area (Å²) < 4.78 is 0. The second-order valence-electron chi connectivity index (χ2n) is 4.80. The van der Waals surface area contributed by atoms with E-state index in [1.54, 1.807) is 0 Å². The average molecular weight is 212 g/mol. The second-order valence-corrected chi connectivity index (χ2v) is 4.80. The minimum Gasteiger partial charge on any atom is -0.103 e. The van der Waals surface area contributed by atoms with Crippen LogP contribution < -0.4 is 0 Å². The minimum atomic E-state index is 0.633. The molecule has 0 saturated heterocycles. The van der Waals surface area contributed by atoms with Crippen LogP contribution >= 0.6 is 0 Å². The highest BCUT2D eigenvalue weighted by molar-refractivity contribution is 5.29. The molecule has 0 nitrogen and oxygen atoms in total. The summed E-state index contributed by atoms with van der Waals surface area (Å²) in [5.41, 5.74) is 3.04. The fourth-order valence-electron chi connectivity index (χ4n) is 2.74. The van der Waals surface area contributed by atoms with Crippen LogP contribution in [0.4, 0.5) is 0 Å². The Morgan fingerprint density at radius 2 is 1.81 bits per heavy atom. The molecule has 0 aromatic heterocycles. The van der Waals surface area contributed by atoms with Crippen LogP contribution in [-0.2, 0) is 12.8 Å². The van der Waals surface area contributed by atoms with E-state index in [2.05, 4.69) is 49.6 Å². The molecule has 0 spiro atoms. The van der Waals surface area contributed by atoms with E-state index >= 15 is 0 Å². The molecular formula is C16H20. The molecule has 2 unspecified atom stereocenters. The van der Waals surface area contributed by atoms with Crippen molar-refractivity contribution in [2.75, 3.05) is 0 Å². The molecule has 1 aliphatic carbocycles. The van der Waals surface area contributed by atoms with E-state index in [-0.39, 0.29) is 0 Å². The number of benzene rings is 1. The maximum atomic E-state index is 3.97. The van der Waals surface area contributed by atoms with Crippen LogP contribution in [0.5, 0.6) is 0 Å². The predicted molar refractivity (Wildman–Crippen MR) is 70.5 cm³/mol. The maximum absolute atomic E-state index is 3.97. The fraction of sp³-hybridized carbons (Fsp3) is 0.375. The van der Waals surface area contributed by atoms with E-state index in [9.17, 15) is 0 Å². The molecule has 0 saturated carbocycles. The van der Waals surface area contributed by atoms with Gasteiger partial charge in [0.15, 0.2) is 0 Å². The molecule has 0 N–H and O–H groups in total. The molecule has 0 bridgehead atoms. The predicted octanol–water partition coefficient (Wildman–Crippen LogP) is 4.17. The van der Waals surface area contributed by atoms with E-state index in [1.807, 2.05) is 0 Å². The first-order valence-corrected chi connectivity index (χ1v) is 6.13. The van der Waals surface area contributed by atoms with Crippen molar-refractivity contribution >= 4 is 0 Å². The lowest BCUT2D eigenvalue weighted by Crippen LogP contribution is -2.06. The number of rotatable bonds is 3. The molecule has 1 aromatic rings. The van der Waals surface area contributed by atoms with Gasteiger partial charge in [0.05, 0.1) is 0 Å². The Bertz CT molecular complexity index is 375. The van der Waals surface area contributed by atoms with Gasteiger partial charge in [-0.1, -0.05) is 36.4 Å². The van der Waals surface area contributed by atoms with Gasteiger partial charge in [0, 0.05) is 0 Å². The van der Waals surface area contributed by atoms with Crippen LogP contribution in [0.15, 0.2) is 49.6 Å². The number of fused-ring (bicyclic) bond motifs is 1. The standard InChI is InChI=1S/C16H20/c1-3-7-14-10-13(4-2)11-15-8-5-6-9-16(15)12-14/h3-6,8-9,13-14H,1-2,7,10-12H2. The van der Waals surface area contributed by atoms with E-state index in [1.165, 1.54) is 24.0 Å². The van der Waals surface area contributed by atoms with Gasteiger partial charge in [0.2, 0.25) is 0 Å². The molecule has 0 heterocycles. The fourth-order valence-corrected chi connectivity index (χ4v) is 2.74. The summed E-state index contributed by atoms with van der Waals surface area (Å²) in [7, 11) is 0. The number of hydrogen-bond acceptors (Lipinski definition) is 0. The van der Waals surface area contributed by atoms with Gasteiger partial charge < -0.3 is 0 Å². The second kappa shape index (κ2) is 5.16. The maximum Gasteiger partial charge on any atom is -0.0193 e. The molecule has 2 atom stereocenters. The Kier molecular flexibility index (Phi) is 3.61. The molecule has 1 aliphatic rings. The monoisotopic (exact) mass is 212 g/mol. The quantitative estimate of drug-likeness (QED) is 0.521. The first kappa shape index (κ1) is 11.2. The van der Waals surface area contributed by atoms with Crippen molar-refractivity contribution < 1.29 is 0 Å². The van der Waals surface area contributed by atoms with Crippen molar-refractivity contribution in [3.8, 4) is 0 Å². The highest BCUT2D eigenvalue weighted by atomic mass is 14.2. The highest BCUT2D eigenvalue weighted by Gasteiger charge is 2.20. The topological polar surface area (TPSA) is 0 Å². The Labute approximate surface area is 98.7 Å². The van der Waals surface area contributed by atoms with Gasteiger partial charge in [0.25, 0.3) is 0 Å². The van der Waals surface area contributed by atoms with Gasteiger partial charge in [-0.2, -0.15) is 0 Å². The van der Waals surface area contributed by atoms with Crippen molar-refractivity contribution in [3.63, 3.8) is 0 Å². The number of allylic oxidation sites excluding steroid dienone is 2. The molecule has 0 fully saturated rings. The SMILES string of the molecule is C=CCC1Cc2ccccc2CC(C=C)C1. The van der Waals surface area contributed by atoms with Crippen molar-refractivity contribution in [3.05, 3.63) is 60.7 Å². The minimum absolute atomic E-state index is 0.633. The normalized spacial score (nSPS) is 24.2. The zero-order valence-electron chi connectivity index (χ0n) is 9.86. The molecule has 16 heavy (non-hydrogen) atoms. The van der Waals surface area contributed by atoms with Crippen LogP contribution in [0, 0.1) is 11.8 Å². The smallest absolute Gasteiger partial charge is 0.0193 e. The van der Waals surface area contributed by atoms with Crippen molar-refractivity contribution in [2.24, 2.45) is 11.8 Å². The Morgan fingerprint density at radius 3 is 2.44 bits per heavy atom. The van der Waals surface area contributed by atoms with Gasteiger partial charge in [-0.15, -0.1) is 13.2 Å². The summed E-state index contributed by atoms with van der Waals surface area (Å²) in [6.45, 7) is 7.83. The average Bonchev–Trinajstić information content (AvgIpc) is 2.48.